The number of aromatic amines is 1. The highest BCUT2D eigenvalue weighted by atomic mass is 19.4. The van der Waals surface area contributed by atoms with Crippen LogP contribution in [0.3, 0.4) is 0 Å². The number of alkyl halides is 4. The number of rotatable bonds is 6. The van der Waals surface area contributed by atoms with E-state index in [-0.39, 0.29) is 17.6 Å². The van der Waals surface area contributed by atoms with Gasteiger partial charge in [0.25, 0.3) is 0 Å². The Morgan fingerprint density at radius 2 is 2.12 bits per heavy atom. The van der Waals surface area contributed by atoms with Crippen molar-refractivity contribution < 1.29 is 27.1 Å². The number of H-pyrrole nitrogens is 1. The number of nitrogens with one attached hydrogen (secondary N) is 3. The predicted octanol–water partition coefficient (Wildman–Crippen LogP) is 4.02. The first-order chi connectivity index (χ1) is 15.6. The van der Waals surface area contributed by atoms with E-state index in [0.29, 0.717) is 29.9 Å². The number of carbonyl (C=O) groups is 1. The maximum atomic E-state index is 14.9. The topological polar surface area (TPSA) is 109 Å². The minimum absolute atomic E-state index is 0.118. The van der Waals surface area contributed by atoms with Gasteiger partial charge < -0.3 is 15.4 Å². The molecule has 0 saturated heterocycles. The van der Waals surface area contributed by atoms with Crippen molar-refractivity contribution >= 4 is 23.2 Å². The van der Waals surface area contributed by atoms with E-state index in [2.05, 4.69) is 30.9 Å². The maximum Gasteiger partial charge on any atom is 0.407 e. The van der Waals surface area contributed by atoms with Gasteiger partial charge in [0.05, 0.1) is 12.1 Å². The number of hydrogen-bond donors (Lipinski definition) is 3. The molecule has 1 aliphatic rings. The Hall–Kier alpha value is -3.38. The zero-order valence-electron chi connectivity index (χ0n) is 17.9. The number of carbonyl (C=O) groups excluding carboxylic acids is 1. The summed E-state index contributed by atoms with van der Waals surface area (Å²) < 4.78 is 59.5. The monoisotopic (exact) mass is 469 g/mol. The number of fused-ring (bicyclic) bond motifs is 1. The van der Waals surface area contributed by atoms with Gasteiger partial charge in [-0.05, 0) is 32.8 Å². The van der Waals surface area contributed by atoms with Crippen molar-refractivity contribution in [2.24, 2.45) is 0 Å². The fraction of sp³-hybridized carbons (Fsp3) is 0.500. The summed E-state index contributed by atoms with van der Waals surface area (Å²) in [6.07, 6.45) is -4.78. The summed E-state index contributed by atoms with van der Waals surface area (Å²) in [6.45, 7) is 3.56. The largest absolute Gasteiger partial charge is 0.443 e. The van der Waals surface area contributed by atoms with Crippen LogP contribution in [0.1, 0.15) is 44.0 Å². The van der Waals surface area contributed by atoms with Gasteiger partial charge in [0.2, 0.25) is 0 Å². The Kier molecular flexibility index (Phi) is 6.13. The molecule has 3 heterocycles. The van der Waals surface area contributed by atoms with Crippen LogP contribution in [0.5, 0.6) is 0 Å². The lowest BCUT2D eigenvalue weighted by Gasteiger charge is -2.18. The van der Waals surface area contributed by atoms with Crippen molar-refractivity contribution in [2.75, 3.05) is 5.32 Å². The van der Waals surface area contributed by atoms with Crippen molar-refractivity contribution in [3.8, 4) is 0 Å². The number of hydrogen-bond acceptors (Lipinski definition) is 6. The average molecular weight is 469 g/mol. The van der Waals surface area contributed by atoms with Gasteiger partial charge >= 0.3 is 12.3 Å². The average Bonchev–Trinajstić information content (AvgIpc) is 3.40. The van der Waals surface area contributed by atoms with E-state index in [1.54, 1.807) is 19.9 Å². The van der Waals surface area contributed by atoms with Gasteiger partial charge in [-0.3, -0.25) is 5.10 Å². The number of nitrogens with zero attached hydrogens (tertiary/aromatic N) is 4. The molecule has 1 aliphatic carbocycles. The van der Waals surface area contributed by atoms with Crippen molar-refractivity contribution in [1.29, 1.82) is 0 Å². The lowest BCUT2D eigenvalue weighted by molar-refractivity contribution is -0.127. The van der Waals surface area contributed by atoms with Gasteiger partial charge in [0.15, 0.2) is 11.6 Å². The molecule has 3 N–H and O–H groups in total. The van der Waals surface area contributed by atoms with E-state index in [9.17, 15) is 22.4 Å². The highest BCUT2D eigenvalue weighted by Gasteiger charge is 2.41. The van der Waals surface area contributed by atoms with Crippen molar-refractivity contribution in [1.82, 2.24) is 30.1 Å². The van der Waals surface area contributed by atoms with Gasteiger partial charge in [-0.25, -0.2) is 18.7 Å². The third kappa shape index (κ3) is 5.34. The summed E-state index contributed by atoms with van der Waals surface area (Å²) in [5.41, 5.74) is 0.716. The normalized spacial score (nSPS) is 21.0. The van der Waals surface area contributed by atoms with E-state index in [1.807, 2.05) is 0 Å². The summed E-state index contributed by atoms with van der Waals surface area (Å²) in [6, 6.07) is 2.79. The van der Waals surface area contributed by atoms with Gasteiger partial charge in [-0.1, -0.05) is 0 Å². The van der Waals surface area contributed by atoms with Crippen LogP contribution in [0.25, 0.3) is 5.52 Å². The molecule has 3 atom stereocenters. The van der Waals surface area contributed by atoms with Crippen LogP contribution in [-0.4, -0.2) is 55.4 Å². The van der Waals surface area contributed by atoms with E-state index >= 15 is 0 Å². The first-order valence-corrected chi connectivity index (χ1v) is 10.4. The highest BCUT2D eigenvalue weighted by Crippen LogP contribution is 2.38. The lowest BCUT2D eigenvalue weighted by atomic mass is 10.0. The van der Waals surface area contributed by atoms with Crippen LogP contribution in [0, 0.1) is 0 Å². The van der Waals surface area contributed by atoms with E-state index in [0.717, 1.165) is 0 Å². The molecule has 1 fully saturated rings. The Morgan fingerprint density at radius 3 is 2.85 bits per heavy atom. The first-order valence-electron chi connectivity index (χ1n) is 10.4. The Bertz CT molecular complexity index is 1130. The second-order valence-corrected chi connectivity index (χ2v) is 8.24. The zero-order valence-corrected chi connectivity index (χ0v) is 17.9. The number of anilines is 2. The Labute approximate surface area is 185 Å². The van der Waals surface area contributed by atoms with E-state index in [1.165, 1.54) is 23.0 Å². The molecule has 0 aromatic carbocycles. The number of ether oxygens (including phenoxy) is 1. The van der Waals surface area contributed by atoms with Crippen LogP contribution < -0.4 is 10.6 Å². The molecular weight excluding hydrogens is 446 g/mol. The summed E-state index contributed by atoms with van der Waals surface area (Å²) in [7, 11) is 0. The summed E-state index contributed by atoms with van der Waals surface area (Å²) in [4.78, 5) is 15.9. The van der Waals surface area contributed by atoms with E-state index < -0.39 is 36.9 Å². The molecule has 0 unspecified atom stereocenters. The molecule has 1 amide bonds. The zero-order chi connectivity index (χ0) is 23.8. The van der Waals surface area contributed by atoms with Crippen LogP contribution in [0.4, 0.5) is 34.0 Å². The number of alkyl carbamates (subject to hydrolysis) is 1. The fourth-order valence-electron chi connectivity index (χ4n) is 3.85. The predicted molar refractivity (Wildman–Crippen MR) is 110 cm³/mol. The molecule has 178 valence electrons. The molecule has 3 aromatic heterocycles. The number of halogens is 4. The molecule has 0 bridgehead atoms. The molecule has 9 nitrogen and oxygen atoms in total. The molecule has 0 spiro atoms. The summed E-state index contributed by atoms with van der Waals surface area (Å²) in [5, 5.41) is 16.3. The van der Waals surface area contributed by atoms with E-state index in [4.69, 9.17) is 4.74 Å². The molecule has 0 aliphatic heterocycles. The standard InChI is InChI=1S/C20H23F4N7O2/c1-10(2)26-19(32)33-15-4-3-12(17(15)21)13-8-16(29-28-13)27-18-14-7-11(9-20(22,23)24)30-31(14)6-5-25-18/h5-8,10,12,15,17H,3-4,9H2,1-2H3,(H,26,32)(H2,25,27,28,29)/t12-,15-,17-/m1/s1. The first kappa shape index (κ1) is 22.8. The molecule has 33 heavy (non-hydrogen) atoms. The highest BCUT2D eigenvalue weighted by molar-refractivity contribution is 5.72. The second-order valence-electron chi connectivity index (χ2n) is 8.24. The van der Waals surface area contributed by atoms with Crippen LogP contribution in [0.2, 0.25) is 0 Å². The Balaban J connectivity index is 1.45. The number of aromatic nitrogens is 5. The number of amides is 1. The molecule has 1 saturated carbocycles. The Morgan fingerprint density at radius 1 is 1.33 bits per heavy atom. The molecule has 13 heteroatoms. The summed E-state index contributed by atoms with van der Waals surface area (Å²) in [5.74, 6) is 0.0339. The van der Waals surface area contributed by atoms with Crippen molar-refractivity contribution in [3.63, 3.8) is 0 Å². The molecule has 3 aromatic rings. The second kappa shape index (κ2) is 8.87. The summed E-state index contributed by atoms with van der Waals surface area (Å²) >= 11 is 0. The van der Waals surface area contributed by atoms with Crippen LogP contribution >= 0.6 is 0 Å². The smallest absolute Gasteiger partial charge is 0.407 e. The maximum absolute atomic E-state index is 14.9. The SMILES string of the molecule is CC(C)NC(=O)O[C@@H]1CC[C@H](c2cc(Nc3nccn4nc(CC(F)(F)F)cc34)n[nH]2)[C@H]1F. The van der Waals surface area contributed by atoms with Crippen molar-refractivity contribution in [3.05, 3.63) is 35.9 Å². The molecular formula is C20H23F4N7O2. The third-order valence-electron chi connectivity index (χ3n) is 5.23. The van der Waals surface area contributed by atoms with Gasteiger partial charge in [-0.15, -0.1) is 0 Å². The van der Waals surface area contributed by atoms with Crippen LogP contribution in [-0.2, 0) is 11.2 Å². The van der Waals surface area contributed by atoms with Crippen LogP contribution in [0.15, 0.2) is 24.5 Å². The third-order valence-corrected chi connectivity index (χ3v) is 5.23. The minimum atomic E-state index is -4.38. The minimum Gasteiger partial charge on any atom is -0.443 e. The lowest BCUT2D eigenvalue weighted by Crippen LogP contribution is -2.36. The molecule has 4 rings (SSSR count). The molecule has 0 radical (unpaired) electrons. The van der Waals surface area contributed by atoms with Gasteiger partial charge in [0, 0.05) is 36.1 Å². The fourth-order valence-corrected chi connectivity index (χ4v) is 3.85. The van der Waals surface area contributed by atoms with Crippen molar-refractivity contribution in [2.45, 2.75) is 63.5 Å². The van der Waals surface area contributed by atoms with Gasteiger partial charge in [-0.2, -0.15) is 23.4 Å². The quantitative estimate of drug-likeness (QED) is 0.471. The van der Waals surface area contributed by atoms with Gasteiger partial charge in [0.1, 0.15) is 17.8 Å².